The number of aromatic nitrogens is 1. The Morgan fingerprint density at radius 1 is 1.07 bits per heavy atom. The molecule has 0 atom stereocenters. The first-order valence-electron chi connectivity index (χ1n) is 9.99. The second-order valence-corrected chi connectivity index (χ2v) is 7.58. The molecule has 152 valence electrons. The van der Waals surface area contributed by atoms with Crippen molar-refractivity contribution in [3.05, 3.63) is 77.9 Å². The highest BCUT2D eigenvalue weighted by Gasteiger charge is 2.11. The van der Waals surface area contributed by atoms with Gasteiger partial charge in [0.25, 0.3) is 5.91 Å². The van der Waals surface area contributed by atoms with Gasteiger partial charge in [-0.1, -0.05) is 44.2 Å². The minimum absolute atomic E-state index is 0.0604. The highest BCUT2D eigenvalue weighted by Crippen LogP contribution is 2.27. The zero-order valence-electron chi connectivity index (χ0n) is 17.3. The molecule has 0 spiro atoms. The first-order valence-corrected chi connectivity index (χ1v) is 9.99. The van der Waals surface area contributed by atoms with Crippen molar-refractivity contribution in [1.29, 1.82) is 0 Å². The van der Waals surface area contributed by atoms with Gasteiger partial charge in [0, 0.05) is 11.3 Å². The maximum Gasteiger partial charge on any atom is 0.262 e. The fraction of sp³-hybridized carbons (Fsp3) is 0.200. The summed E-state index contributed by atoms with van der Waals surface area (Å²) in [6.45, 7) is 6.21. The molecule has 0 saturated heterocycles. The second kappa shape index (κ2) is 8.41. The van der Waals surface area contributed by atoms with Crippen molar-refractivity contribution in [3.63, 3.8) is 0 Å². The molecule has 4 aromatic rings. The summed E-state index contributed by atoms with van der Waals surface area (Å²) in [6, 6.07) is 21.2. The normalized spacial score (nSPS) is 11.1. The lowest BCUT2D eigenvalue weighted by Crippen LogP contribution is -2.20. The lowest BCUT2D eigenvalue weighted by atomic mass is 10.0. The SMILES string of the molecule is Cc1ccccc1OCC(=O)Nc1ccc2oc(-c3ccc(C(C)C)cc3)nc2c1. The fourth-order valence-electron chi connectivity index (χ4n) is 3.20. The molecule has 1 amide bonds. The largest absolute Gasteiger partial charge is 0.483 e. The standard InChI is InChI=1S/C25H24N2O3/c1-16(2)18-8-10-19(11-9-18)25-27-21-14-20(12-13-23(21)30-25)26-24(28)15-29-22-7-5-4-6-17(22)3/h4-14,16H,15H2,1-3H3,(H,26,28). The Balaban J connectivity index is 1.45. The molecule has 5 heteroatoms. The van der Waals surface area contributed by atoms with E-state index >= 15 is 0 Å². The molecule has 1 heterocycles. The van der Waals surface area contributed by atoms with Crippen LogP contribution in [0.5, 0.6) is 5.75 Å². The summed E-state index contributed by atoms with van der Waals surface area (Å²) in [4.78, 5) is 16.8. The van der Waals surface area contributed by atoms with E-state index in [1.165, 1.54) is 5.56 Å². The number of anilines is 1. The Kier molecular flexibility index (Phi) is 5.53. The summed E-state index contributed by atoms with van der Waals surface area (Å²) in [5, 5.41) is 2.85. The molecule has 5 nitrogen and oxygen atoms in total. The number of para-hydroxylation sites is 1. The van der Waals surface area contributed by atoms with Gasteiger partial charge in [0.05, 0.1) is 0 Å². The van der Waals surface area contributed by atoms with Gasteiger partial charge in [0.2, 0.25) is 5.89 Å². The van der Waals surface area contributed by atoms with Gasteiger partial charge in [0.1, 0.15) is 11.3 Å². The topological polar surface area (TPSA) is 64.4 Å². The molecular formula is C25H24N2O3. The van der Waals surface area contributed by atoms with Crippen molar-refractivity contribution in [2.75, 3.05) is 11.9 Å². The van der Waals surface area contributed by atoms with Crippen LogP contribution in [0.1, 0.15) is 30.9 Å². The summed E-state index contributed by atoms with van der Waals surface area (Å²) in [5.74, 6) is 1.51. The van der Waals surface area contributed by atoms with Gasteiger partial charge < -0.3 is 14.5 Å². The Hall–Kier alpha value is -3.60. The quantitative estimate of drug-likeness (QED) is 0.435. The van der Waals surface area contributed by atoms with E-state index in [0.29, 0.717) is 34.3 Å². The first-order chi connectivity index (χ1) is 14.5. The van der Waals surface area contributed by atoms with Crippen molar-refractivity contribution in [2.45, 2.75) is 26.7 Å². The van der Waals surface area contributed by atoms with E-state index in [4.69, 9.17) is 9.15 Å². The molecule has 0 aliphatic rings. The zero-order valence-corrected chi connectivity index (χ0v) is 17.3. The van der Waals surface area contributed by atoms with Crippen LogP contribution in [0, 0.1) is 6.92 Å². The summed E-state index contributed by atoms with van der Waals surface area (Å²) >= 11 is 0. The number of oxazole rings is 1. The number of rotatable bonds is 6. The number of nitrogens with zero attached hydrogens (tertiary/aromatic N) is 1. The molecule has 3 aromatic carbocycles. The Morgan fingerprint density at radius 2 is 1.83 bits per heavy atom. The molecular weight excluding hydrogens is 376 g/mol. The van der Waals surface area contributed by atoms with Gasteiger partial charge in [-0.25, -0.2) is 4.98 Å². The number of fused-ring (bicyclic) bond motifs is 1. The van der Waals surface area contributed by atoms with Crippen molar-refractivity contribution >= 4 is 22.7 Å². The lowest BCUT2D eigenvalue weighted by molar-refractivity contribution is -0.118. The summed E-state index contributed by atoms with van der Waals surface area (Å²) < 4.78 is 11.5. The van der Waals surface area contributed by atoms with E-state index in [1.807, 2.05) is 49.4 Å². The number of nitrogens with one attached hydrogen (secondary N) is 1. The van der Waals surface area contributed by atoms with Gasteiger partial charge in [-0.2, -0.15) is 0 Å². The van der Waals surface area contributed by atoms with Crippen LogP contribution in [0.2, 0.25) is 0 Å². The molecule has 0 radical (unpaired) electrons. The molecule has 0 aliphatic heterocycles. The van der Waals surface area contributed by atoms with Crippen molar-refractivity contribution in [1.82, 2.24) is 4.98 Å². The second-order valence-electron chi connectivity index (χ2n) is 7.58. The predicted molar refractivity (Wildman–Crippen MR) is 119 cm³/mol. The van der Waals surface area contributed by atoms with Crippen LogP contribution in [-0.2, 0) is 4.79 Å². The van der Waals surface area contributed by atoms with Gasteiger partial charge in [-0.3, -0.25) is 4.79 Å². The Morgan fingerprint density at radius 3 is 2.57 bits per heavy atom. The van der Waals surface area contributed by atoms with Crippen LogP contribution in [-0.4, -0.2) is 17.5 Å². The number of carbonyl (C=O) groups is 1. The van der Waals surface area contributed by atoms with E-state index in [2.05, 4.69) is 36.3 Å². The fourth-order valence-corrected chi connectivity index (χ4v) is 3.20. The van der Waals surface area contributed by atoms with E-state index < -0.39 is 0 Å². The average Bonchev–Trinajstić information content (AvgIpc) is 3.16. The lowest BCUT2D eigenvalue weighted by Gasteiger charge is -2.09. The molecule has 1 N–H and O–H groups in total. The van der Waals surface area contributed by atoms with E-state index in [-0.39, 0.29) is 12.5 Å². The molecule has 0 bridgehead atoms. The van der Waals surface area contributed by atoms with Crippen molar-refractivity contribution < 1.29 is 13.9 Å². The number of aryl methyl sites for hydroxylation is 1. The number of hydrogen-bond donors (Lipinski definition) is 1. The number of amides is 1. The third-order valence-corrected chi connectivity index (χ3v) is 4.95. The number of carbonyl (C=O) groups excluding carboxylic acids is 1. The third-order valence-electron chi connectivity index (χ3n) is 4.95. The molecule has 0 fully saturated rings. The van der Waals surface area contributed by atoms with E-state index in [0.717, 1.165) is 11.1 Å². The van der Waals surface area contributed by atoms with Crippen LogP contribution < -0.4 is 10.1 Å². The molecule has 0 aliphatic carbocycles. The average molecular weight is 400 g/mol. The summed E-state index contributed by atoms with van der Waals surface area (Å²) in [6.07, 6.45) is 0. The van der Waals surface area contributed by atoms with Crippen LogP contribution in [0.4, 0.5) is 5.69 Å². The number of ether oxygens (including phenoxy) is 1. The monoisotopic (exact) mass is 400 g/mol. The summed E-state index contributed by atoms with van der Waals surface area (Å²) in [7, 11) is 0. The van der Waals surface area contributed by atoms with Gasteiger partial charge >= 0.3 is 0 Å². The predicted octanol–water partition coefficient (Wildman–Crippen LogP) is 5.94. The van der Waals surface area contributed by atoms with E-state index in [1.54, 1.807) is 12.1 Å². The molecule has 30 heavy (non-hydrogen) atoms. The van der Waals surface area contributed by atoms with Gasteiger partial charge in [0.15, 0.2) is 12.2 Å². The van der Waals surface area contributed by atoms with Crippen LogP contribution in [0.25, 0.3) is 22.6 Å². The van der Waals surface area contributed by atoms with Crippen LogP contribution >= 0.6 is 0 Å². The van der Waals surface area contributed by atoms with Crippen LogP contribution in [0.15, 0.2) is 71.1 Å². The first kappa shape index (κ1) is 19.7. The Bertz CT molecular complexity index is 1180. The number of benzene rings is 3. The maximum absolute atomic E-state index is 12.3. The summed E-state index contributed by atoms with van der Waals surface area (Å²) in [5.41, 5.74) is 5.20. The molecule has 4 rings (SSSR count). The van der Waals surface area contributed by atoms with E-state index in [9.17, 15) is 4.79 Å². The highest BCUT2D eigenvalue weighted by molar-refractivity contribution is 5.94. The maximum atomic E-state index is 12.3. The number of hydrogen-bond acceptors (Lipinski definition) is 4. The third kappa shape index (κ3) is 4.35. The highest BCUT2D eigenvalue weighted by atomic mass is 16.5. The smallest absolute Gasteiger partial charge is 0.262 e. The minimum atomic E-state index is -0.231. The van der Waals surface area contributed by atoms with Gasteiger partial charge in [-0.15, -0.1) is 0 Å². The molecule has 0 unspecified atom stereocenters. The van der Waals surface area contributed by atoms with Crippen LogP contribution in [0.3, 0.4) is 0 Å². The van der Waals surface area contributed by atoms with Crippen molar-refractivity contribution in [2.24, 2.45) is 0 Å². The zero-order chi connectivity index (χ0) is 21.1. The Labute approximate surface area is 175 Å². The van der Waals surface area contributed by atoms with Crippen molar-refractivity contribution in [3.8, 4) is 17.2 Å². The molecule has 0 saturated carbocycles. The van der Waals surface area contributed by atoms with Gasteiger partial charge in [-0.05, 0) is 60.4 Å². The molecule has 1 aromatic heterocycles. The minimum Gasteiger partial charge on any atom is -0.483 e.